The largest absolute Gasteiger partial charge is 0.467 e. The van der Waals surface area contributed by atoms with Gasteiger partial charge in [0.1, 0.15) is 17.6 Å². The summed E-state index contributed by atoms with van der Waals surface area (Å²) in [6.07, 6.45) is 5.57. The lowest BCUT2D eigenvalue weighted by atomic mass is 10.0. The molecule has 5 nitrogen and oxygen atoms in total. The van der Waals surface area contributed by atoms with Gasteiger partial charge in [-0.1, -0.05) is 0 Å². The SMILES string of the molecule is COC(=O)[C@@H]1CCCCN1C(=O)/C=C\c1ccc(C)o1. The van der Waals surface area contributed by atoms with Crippen molar-refractivity contribution in [2.75, 3.05) is 13.7 Å². The van der Waals surface area contributed by atoms with E-state index in [1.165, 1.54) is 13.2 Å². The monoisotopic (exact) mass is 277 g/mol. The lowest BCUT2D eigenvalue weighted by Gasteiger charge is -2.32. The van der Waals surface area contributed by atoms with Crippen LogP contribution in [0.4, 0.5) is 0 Å². The molecule has 1 aliphatic rings. The van der Waals surface area contributed by atoms with Crippen LogP contribution in [0.25, 0.3) is 6.08 Å². The van der Waals surface area contributed by atoms with Crippen molar-refractivity contribution < 1.29 is 18.7 Å². The molecular weight excluding hydrogens is 258 g/mol. The fourth-order valence-electron chi connectivity index (χ4n) is 2.37. The summed E-state index contributed by atoms with van der Waals surface area (Å²) in [5.74, 6) is 0.888. The third-order valence-corrected chi connectivity index (χ3v) is 3.41. The first-order valence-electron chi connectivity index (χ1n) is 6.75. The van der Waals surface area contributed by atoms with E-state index in [4.69, 9.17) is 9.15 Å². The maximum absolute atomic E-state index is 12.2. The highest BCUT2D eigenvalue weighted by molar-refractivity contribution is 5.94. The second kappa shape index (κ2) is 6.41. The van der Waals surface area contributed by atoms with Gasteiger partial charge in [-0.2, -0.15) is 0 Å². The predicted octanol–water partition coefficient (Wildman–Crippen LogP) is 2.16. The van der Waals surface area contributed by atoms with Gasteiger partial charge in [-0.15, -0.1) is 0 Å². The molecule has 0 aliphatic carbocycles. The van der Waals surface area contributed by atoms with E-state index in [9.17, 15) is 9.59 Å². The van der Waals surface area contributed by atoms with Gasteiger partial charge in [0.15, 0.2) is 0 Å². The molecule has 1 aromatic rings. The van der Waals surface area contributed by atoms with Crippen molar-refractivity contribution in [3.8, 4) is 0 Å². The zero-order chi connectivity index (χ0) is 14.5. The summed E-state index contributed by atoms with van der Waals surface area (Å²) >= 11 is 0. The van der Waals surface area contributed by atoms with Crippen molar-refractivity contribution in [1.82, 2.24) is 4.90 Å². The first-order chi connectivity index (χ1) is 9.61. The molecule has 0 spiro atoms. The van der Waals surface area contributed by atoms with Gasteiger partial charge in [0.2, 0.25) is 5.91 Å². The van der Waals surface area contributed by atoms with Crippen LogP contribution >= 0.6 is 0 Å². The van der Waals surface area contributed by atoms with E-state index in [-0.39, 0.29) is 11.9 Å². The smallest absolute Gasteiger partial charge is 0.328 e. The van der Waals surface area contributed by atoms with E-state index < -0.39 is 6.04 Å². The normalized spacial score (nSPS) is 19.3. The second-order valence-corrected chi connectivity index (χ2v) is 4.85. The molecule has 0 radical (unpaired) electrons. The van der Waals surface area contributed by atoms with Gasteiger partial charge in [-0.3, -0.25) is 4.79 Å². The van der Waals surface area contributed by atoms with Gasteiger partial charge in [0, 0.05) is 12.6 Å². The van der Waals surface area contributed by atoms with Crippen molar-refractivity contribution in [3.63, 3.8) is 0 Å². The molecule has 5 heteroatoms. The summed E-state index contributed by atoms with van der Waals surface area (Å²) < 4.78 is 10.1. The first kappa shape index (κ1) is 14.4. The van der Waals surface area contributed by atoms with Crippen LogP contribution in [0.1, 0.15) is 30.8 Å². The number of rotatable bonds is 3. The number of furan rings is 1. The highest BCUT2D eigenvalue weighted by Gasteiger charge is 2.31. The van der Waals surface area contributed by atoms with Crippen molar-refractivity contribution in [2.24, 2.45) is 0 Å². The van der Waals surface area contributed by atoms with Crippen LogP contribution < -0.4 is 0 Å². The summed E-state index contributed by atoms with van der Waals surface area (Å²) in [4.78, 5) is 25.5. The van der Waals surface area contributed by atoms with Gasteiger partial charge in [-0.05, 0) is 44.4 Å². The summed E-state index contributed by atoms with van der Waals surface area (Å²) in [6.45, 7) is 2.43. The number of esters is 1. The Morgan fingerprint density at radius 3 is 2.85 bits per heavy atom. The Morgan fingerprint density at radius 1 is 1.40 bits per heavy atom. The van der Waals surface area contributed by atoms with Crippen LogP contribution in [-0.2, 0) is 14.3 Å². The summed E-state index contributed by atoms with van der Waals surface area (Å²) in [6, 6.07) is 3.17. The van der Waals surface area contributed by atoms with Gasteiger partial charge in [0.05, 0.1) is 7.11 Å². The molecule has 108 valence electrons. The van der Waals surface area contributed by atoms with E-state index in [1.807, 2.05) is 13.0 Å². The Morgan fingerprint density at radius 2 is 2.20 bits per heavy atom. The highest BCUT2D eigenvalue weighted by atomic mass is 16.5. The average molecular weight is 277 g/mol. The second-order valence-electron chi connectivity index (χ2n) is 4.85. The number of hydrogen-bond acceptors (Lipinski definition) is 4. The minimum atomic E-state index is -0.468. The number of ether oxygens (including phenoxy) is 1. The van der Waals surface area contributed by atoms with E-state index >= 15 is 0 Å². The molecule has 0 saturated carbocycles. The van der Waals surface area contributed by atoms with Crippen LogP contribution in [-0.4, -0.2) is 36.5 Å². The maximum atomic E-state index is 12.2. The molecule has 0 unspecified atom stereocenters. The summed E-state index contributed by atoms with van der Waals surface area (Å²) in [7, 11) is 1.35. The molecule has 0 bridgehead atoms. The molecule has 20 heavy (non-hydrogen) atoms. The summed E-state index contributed by atoms with van der Waals surface area (Å²) in [5.41, 5.74) is 0. The van der Waals surface area contributed by atoms with Crippen LogP contribution in [0.5, 0.6) is 0 Å². The molecular formula is C15H19NO4. The topological polar surface area (TPSA) is 59.8 Å². The molecule has 2 rings (SSSR count). The lowest BCUT2D eigenvalue weighted by molar-refractivity contribution is -0.153. The minimum Gasteiger partial charge on any atom is -0.467 e. The Balaban J connectivity index is 2.06. The molecule has 1 saturated heterocycles. The van der Waals surface area contributed by atoms with E-state index in [0.29, 0.717) is 18.7 Å². The number of hydrogen-bond donors (Lipinski definition) is 0. The Kier molecular flexibility index (Phi) is 4.61. The molecule has 2 heterocycles. The third kappa shape index (κ3) is 3.29. The van der Waals surface area contributed by atoms with Gasteiger partial charge in [-0.25, -0.2) is 4.79 Å². The fourth-order valence-corrected chi connectivity index (χ4v) is 2.37. The number of aryl methyl sites for hydroxylation is 1. The molecule has 1 aliphatic heterocycles. The molecule has 1 aromatic heterocycles. The Labute approximate surface area is 118 Å². The zero-order valence-corrected chi connectivity index (χ0v) is 11.8. The first-order valence-corrected chi connectivity index (χ1v) is 6.75. The third-order valence-electron chi connectivity index (χ3n) is 3.41. The van der Waals surface area contributed by atoms with E-state index in [2.05, 4.69) is 0 Å². The molecule has 1 atom stereocenters. The van der Waals surface area contributed by atoms with Crippen molar-refractivity contribution in [2.45, 2.75) is 32.2 Å². The van der Waals surface area contributed by atoms with Crippen molar-refractivity contribution >= 4 is 18.0 Å². The quantitative estimate of drug-likeness (QED) is 0.627. The number of carbonyl (C=O) groups excluding carboxylic acids is 2. The zero-order valence-electron chi connectivity index (χ0n) is 11.8. The van der Waals surface area contributed by atoms with Crippen LogP contribution in [0.2, 0.25) is 0 Å². The minimum absolute atomic E-state index is 0.186. The molecule has 0 aromatic carbocycles. The number of piperidine rings is 1. The Hall–Kier alpha value is -2.04. The number of methoxy groups -OCH3 is 1. The lowest BCUT2D eigenvalue weighted by Crippen LogP contribution is -2.47. The summed E-state index contributed by atoms with van der Waals surface area (Å²) in [5, 5.41) is 0. The molecule has 0 N–H and O–H groups in total. The highest BCUT2D eigenvalue weighted by Crippen LogP contribution is 2.19. The molecule has 1 amide bonds. The van der Waals surface area contributed by atoms with E-state index in [0.717, 1.165) is 18.6 Å². The average Bonchev–Trinajstić information content (AvgIpc) is 2.89. The van der Waals surface area contributed by atoms with Crippen molar-refractivity contribution in [1.29, 1.82) is 0 Å². The van der Waals surface area contributed by atoms with Crippen LogP contribution in [0, 0.1) is 6.92 Å². The standard InChI is InChI=1S/C15H19NO4/c1-11-6-7-12(20-11)8-9-14(17)16-10-4-3-5-13(16)15(18)19-2/h6-9,13H,3-5,10H2,1-2H3/b9-8-/t13-/m0/s1. The number of amides is 1. The van der Waals surface area contributed by atoms with E-state index in [1.54, 1.807) is 17.0 Å². The maximum Gasteiger partial charge on any atom is 0.328 e. The Bertz CT molecular complexity index is 518. The van der Waals surface area contributed by atoms with Gasteiger partial charge >= 0.3 is 5.97 Å². The van der Waals surface area contributed by atoms with Gasteiger partial charge < -0.3 is 14.1 Å². The fraction of sp³-hybridized carbons (Fsp3) is 0.467. The predicted molar refractivity (Wildman–Crippen MR) is 73.8 cm³/mol. The van der Waals surface area contributed by atoms with Gasteiger partial charge in [0.25, 0.3) is 0 Å². The molecule has 1 fully saturated rings. The number of carbonyl (C=O) groups is 2. The van der Waals surface area contributed by atoms with Crippen molar-refractivity contribution in [3.05, 3.63) is 29.7 Å². The number of likely N-dealkylation sites (tertiary alicyclic amines) is 1. The van der Waals surface area contributed by atoms with Crippen LogP contribution in [0.15, 0.2) is 22.6 Å². The number of nitrogens with zero attached hydrogens (tertiary/aromatic N) is 1. The van der Waals surface area contributed by atoms with Crippen LogP contribution in [0.3, 0.4) is 0 Å².